The number of aromatic nitrogens is 2. The van der Waals surface area contributed by atoms with E-state index in [0.717, 1.165) is 0 Å². The van der Waals surface area contributed by atoms with Crippen molar-refractivity contribution < 1.29 is 5.11 Å². The number of hydrogen-bond donors (Lipinski definition) is 2. The van der Waals surface area contributed by atoms with E-state index in [1.54, 1.807) is 25.2 Å². The maximum atomic E-state index is 9.61. The van der Waals surface area contributed by atoms with Gasteiger partial charge in [0.1, 0.15) is 11.6 Å². The maximum absolute atomic E-state index is 9.61. The van der Waals surface area contributed by atoms with E-state index in [2.05, 4.69) is 15.5 Å². The summed E-state index contributed by atoms with van der Waals surface area (Å²) in [5.41, 5.74) is 1.35. The van der Waals surface area contributed by atoms with Crippen LogP contribution in [0, 0.1) is 0 Å². The molecule has 0 unspecified atom stereocenters. The lowest BCUT2D eigenvalue weighted by Gasteiger charge is -2.03. The highest BCUT2D eigenvalue weighted by atomic mass is 16.3. The minimum absolute atomic E-state index is 0.212. The standard InChI is InChI=1S/C11H11N3O/c1-12-11-7-6-9(13-14-11)8-4-2-3-5-10(8)15/h2-7,15H,1H3,(H,12,14). The molecule has 0 atom stereocenters. The van der Waals surface area contributed by atoms with Gasteiger partial charge in [0.25, 0.3) is 0 Å². The molecule has 0 aliphatic rings. The van der Waals surface area contributed by atoms with E-state index in [0.29, 0.717) is 17.1 Å². The lowest BCUT2D eigenvalue weighted by Crippen LogP contribution is -1.95. The molecular weight excluding hydrogens is 190 g/mol. The molecule has 0 radical (unpaired) electrons. The largest absolute Gasteiger partial charge is 0.507 e. The number of hydrogen-bond acceptors (Lipinski definition) is 4. The molecule has 15 heavy (non-hydrogen) atoms. The Morgan fingerprint density at radius 3 is 2.47 bits per heavy atom. The minimum Gasteiger partial charge on any atom is -0.507 e. The number of aromatic hydroxyl groups is 1. The molecule has 1 aromatic carbocycles. The zero-order valence-corrected chi connectivity index (χ0v) is 8.31. The van der Waals surface area contributed by atoms with E-state index in [1.165, 1.54) is 0 Å². The normalized spacial score (nSPS) is 9.93. The Hall–Kier alpha value is -2.10. The molecule has 0 bridgehead atoms. The SMILES string of the molecule is CNc1ccc(-c2ccccc2O)nn1. The lowest BCUT2D eigenvalue weighted by atomic mass is 10.1. The number of rotatable bonds is 2. The highest BCUT2D eigenvalue weighted by molar-refractivity contribution is 5.66. The number of nitrogens with zero attached hydrogens (tertiary/aromatic N) is 2. The predicted molar refractivity (Wildman–Crippen MR) is 58.7 cm³/mol. The van der Waals surface area contributed by atoms with Crippen molar-refractivity contribution in [2.45, 2.75) is 0 Å². The van der Waals surface area contributed by atoms with Crippen LogP contribution in [0.1, 0.15) is 0 Å². The summed E-state index contributed by atoms with van der Waals surface area (Å²) in [6.45, 7) is 0. The molecule has 1 heterocycles. The van der Waals surface area contributed by atoms with Crippen molar-refractivity contribution >= 4 is 5.82 Å². The predicted octanol–water partition coefficient (Wildman–Crippen LogP) is 1.89. The van der Waals surface area contributed by atoms with Gasteiger partial charge in [-0.15, -0.1) is 10.2 Å². The van der Waals surface area contributed by atoms with Gasteiger partial charge in [0.2, 0.25) is 0 Å². The summed E-state index contributed by atoms with van der Waals surface area (Å²) in [7, 11) is 1.78. The summed E-state index contributed by atoms with van der Waals surface area (Å²) in [4.78, 5) is 0. The molecule has 4 nitrogen and oxygen atoms in total. The Bertz CT molecular complexity index is 454. The highest BCUT2D eigenvalue weighted by Crippen LogP contribution is 2.26. The fraction of sp³-hybridized carbons (Fsp3) is 0.0909. The number of benzene rings is 1. The summed E-state index contributed by atoms with van der Waals surface area (Å²) in [6, 6.07) is 10.7. The summed E-state index contributed by atoms with van der Waals surface area (Å²) in [5.74, 6) is 0.915. The van der Waals surface area contributed by atoms with Crippen LogP contribution < -0.4 is 5.32 Å². The third kappa shape index (κ3) is 1.88. The molecule has 76 valence electrons. The van der Waals surface area contributed by atoms with Crippen LogP contribution in [0.5, 0.6) is 5.75 Å². The molecule has 0 amide bonds. The first-order valence-corrected chi connectivity index (χ1v) is 4.61. The zero-order valence-electron chi connectivity index (χ0n) is 8.31. The lowest BCUT2D eigenvalue weighted by molar-refractivity contribution is 0.477. The Kier molecular flexibility index (Phi) is 2.49. The van der Waals surface area contributed by atoms with Crippen molar-refractivity contribution in [1.82, 2.24) is 10.2 Å². The topological polar surface area (TPSA) is 58.0 Å². The van der Waals surface area contributed by atoms with E-state index < -0.39 is 0 Å². The Labute approximate surface area is 87.6 Å². The summed E-state index contributed by atoms with van der Waals surface area (Å²) < 4.78 is 0. The van der Waals surface area contributed by atoms with E-state index in [-0.39, 0.29) is 5.75 Å². The Balaban J connectivity index is 2.42. The van der Waals surface area contributed by atoms with Crippen LogP contribution in [0.15, 0.2) is 36.4 Å². The molecule has 1 aromatic heterocycles. The fourth-order valence-electron chi connectivity index (χ4n) is 1.30. The van der Waals surface area contributed by atoms with E-state index in [1.807, 2.05) is 18.2 Å². The number of nitrogens with one attached hydrogen (secondary N) is 1. The second-order valence-corrected chi connectivity index (χ2v) is 3.07. The average molecular weight is 201 g/mol. The molecule has 2 aromatic rings. The highest BCUT2D eigenvalue weighted by Gasteiger charge is 2.04. The van der Waals surface area contributed by atoms with Crippen molar-refractivity contribution in [2.75, 3.05) is 12.4 Å². The van der Waals surface area contributed by atoms with Gasteiger partial charge in [-0.2, -0.15) is 0 Å². The summed E-state index contributed by atoms with van der Waals surface area (Å²) >= 11 is 0. The van der Waals surface area contributed by atoms with Gasteiger partial charge in [0.15, 0.2) is 0 Å². The fourth-order valence-corrected chi connectivity index (χ4v) is 1.30. The van der Waals surface area contributed by atoms with Crippen LogP contribution in [-0.2, 0) is 0 Å². The monoisotopic (exact) mass is 201 g/mol. The molecule has 4 heteroatoms. The Morgan fingerprint density at radius 2 is 1.87 bits per heavy atom. The second kappa shape index (κ2) is 3.96. The second-order valence-electron chi connectivity index (χ2n) is 3.07. The van der Waals surface area contributed by atoms with Crippen LogP contribution in [0.3, 0.4) is 0 Å². The smallest absolute Gasteiger partial charge is 0.148 e. The van der Waals surface area contributed by atoms with Crippen molar-refractivity contribution in [2.24, 2.45) is 0 Å². The molecular formula is C11H11N3O. The average Bonchev–Trinajstić information content (AvgIpc) is 2.30. The van der Waals surface area contributed by atoms with Crippen LogP contribution in [-0.4, -0.2) is 22.4 Å². The molecule has 0 spiro atoms. The number of para-hydroxylation sites is 1. The molecule has 0 saturated carbocycles. The molecule has 0 saturated heterocycles. The third-order valence-electron chi connectivity index (χ3n) is 2.10. The van der Waals surface area contributed by atoms with Gasteiger partial charge in [-0.1, -0.05) is 12.1 Å². The van der Waals surface area contributed by atoms with Crippen molar-refractivity contribution in [1.29, 1.82) is 0 Å². The number of phenols is 1. The van der Waals surface area contributed by atoms with Gasteiger partial charge in [-0.3, -0.25) is 0 Å². The maximum Gasteiger partial charge on any atom is 0.148 e. The van der Waals surface area contributed by atoms with Gasteiger partial charge in [0.05, 0.1) is 5.69 Å². The molecule has 2 N–H and O–H groups in total. The Morgan fingerprint density at radius 1 is 1.07 bits per heavy atom. The van der Waals surface area contributed by atoms with Crippen molar-refractivity contribution in [3.05, 3.63) is 36.4 Å². The van der Waals surface area contributed by atoms with Crippen LogP contribution >= 0.6 is 0 Å². The van der Waals surface area contributed by atoms with E-state index in [9.17, 15) is 5.11 Å². The third-order valence-corrected chi connectivity index (χ3v) is 2.10. The van der Waals surface area contributed by atoms with Gasteiger partial charge < -0.3 is 10.4 Å². The zero-order chi connectivity index (χ0) is 10.7. The van der Waals surface area contributed by atoms with Gasteiger partial charge in [-0.05, 0) is 24.3 Å². The first-order valence-electron chi connectivity index (χ1n) is 4.61. The summed E-state index contributed by atoms with van der Waals surface area (Å²) in [5, 5.41) is 20.4. The first kappa shape index (κ1) is 9.45. The summed E-state index contributed by atoms with van der Waals surface area (Å²) in [6.07, 6.45) is 0. The van der Waals surface area contributed by atoms with Crippen LogP contribution in [0.2, 0.25) is 0 Å². The van der Waals surface area contributed by atoms with E-state index >= 15 is 0 Å². The first-order chi connectivity index (χ1) is 7.31. The van der Waals surface area contributed by atoms with Crippen molar-refractivity contribution in [3.63, 3.8) is 0 Å². The number of phenolic OH excluding ortho intramolecular Hbond substituents is 1. The molecule has 0 fully saturated rings. The van der Waals surface area contributed by atoms with Crippen molar-refractivity contribution in [3.8, 4) is 17.0 Å². The quantitative estimate of drug-likeness (QED) is 0.779. The molecule has 0 aliphatic carbocycles. The van der Waals surface area contributed by atoms with Gasteiger partial charge >= 0.3 is 0 Å². The van der Waals surface area contributed by atoms with E-state index in [4.69, 9.17) is 0 Å². The molecule has 2 rings (SSSR count). The minimum atomic E-state index is 0.212. The van der Waals surface area contributed by atoms with Gasteiger partial charge in [0, 0.05) is 12.6 Å². The van der Waals surface area contributed by atoms with Crippen LogP contribution in [0.4, 0.5) is 5.82 Å². The van der Waals surface area contributed by atoms with Crippen LogP contribution in [0.25, 0.3) is 11.3 Å². The number of anilines is 1. The van der Waals surface area contributed by atoms with Gasteiger partial charge in [-0.25, -0.2) is 0 Å². The molecule has 0 aliphatic heterocycles.